The van der Waals surface area contributed by atoms with Crippen LogP contribution in [0.4, 0.5) is 23.2 Å². The van der Waals surface area contributed by atoms with E-state index < -0.39 is 57.5 Å². The molecule has 0 aliphatic carbocycles. The van der Waals surface area contributed by atoms with Crippen molar-refractivity contribution in [1.82, 2.24) is 10.2 Å². The van der Waals surface area contributed by atoms with E-state index in [1.54, 1.807) is 27.7 Å². The van der Waals surface area contributed by atoms with Gasteiger partial charge in [-0.1, -0.05) is 35.9 Å². The molecule has 2 amide bonds. The minimum absolute atomic E-state index is 0.196. The van der Waals surface area contributed by atoms with Gasteiger partial charge in [-0.3, -0.25) is 13.9 Å². The lowest BCUT2D eigenvalue weighted by Crippen LogP contribution is -2.54. The minimum Gasteiger partial charge on any atom is -0.350 e. The fourth-order valence-electron chi connectivity index (χ4n) is 4.05. The molecule has 3 rings (SSSR count). The SMILES string of the molecule is Cc1ccc(S(=O)(=O)N(CC(=O)N(Cc2ccc(F)cc2)[C@@H](C)C(=O)NC(C)(C)C)c2cccc(C(F)(F)F)c2)cc1. The van der Waals surface area contributed by atoms with Crippen molar-refractivity contribution >= 4 is 27.5 Å². The first-order chi connectivity index (χ1) is 19.4. The average molecular weight is 608 g/mol. The summed E-state index contributed by atoms with van der Waals surface area (Å²) in [4.78, 5) is 27.8. The van der Waals surface area contributed by atoms with Gasteiger partial charge in [0.15, 0.2) is 0 Å². The first-order valence-electron chi connectivity index (χ1n) is 13.0. The molecule has 0 fully saturated rings. The molecular weight excluding hydrogens is 574 g/mol. The number of alkyl halides is 3. The smallest absolute Gasteiger partial charge is 0.350 e. The average Bonchev–Trinajstić information content (AvgIpc) is 2.89. The highest BCUT2D eigenvalue weighted by atomic mass is 32.2. The molecule has 42 heavy (non-hydrogen) atoms. The van der Waals surface area contributed by atoms with Crippen LogP contribution in [-0.4, -0.2) is 43.3 Å². The Bertz CT molecular complexity index is 1520. The van der Waals surface area contributed by atoms with Crippen LogP contribution in [0.3, 0.4) is 0 Å². The third-order valence-corrected chi connectivity index (χ3v) is 8.07. The monoisotopic (exact) mass is 607 g/mol. The second-order valence-corrected chi connectivity index (χ2v) is 12.8. The summed E-state index contributed by atoms with van der Waals surface area (Å²) >= 11 is 0. The van der Waals surface area contributed by atoms with E-state index in [4.69, 9.17) is 0 Å². The fourth-order valence-corrected chi connectivity index (χ4v) is 5.45. The summed E-state index contributed by atoms with van der Waals surface area (Å²) < 4.78 is 82.5. The molecule has 226 valence electrons. The van der Waals surface area contributed by atoms with E-state index in [1.165, 1.54) is 55.5 Å². The zero-order chi connectivity index (χ0) is 31.5. The molecular formula is C30H33F4N3O4S. The molecule has 0 saturated heterocycles. The second-order valence-electron chi connectivity index (χ2n) is 10.9. The molecule has 1 atom stereocenters. The first kappa shape index (κ1) is 32.6. The number of sulfonamides is 1. The maximum absolute atomic E-state index is 13.9. The van der Waals surface area contributed by atoms with Crippen LogP contribution in [0.1, 0.15) is 44.4 Å². The van der Waals surface area contributed by atoms with Crippen LogP contribution < -0.4 is 9.62 Å². The number of aryl methyl sites for hydroxylation is 1. The highest BCUT2D eigenvalue weighted by molar-refractivity contribution is 7.92. The molecule has 0 heterocycles. The first-order valence-corrected chi connectivity index (χ1v) is 14.4. The molecule has 0 bridgehead atoms. The van der Waals surface area contributed by atoms with Crippen LogP contribution >= 0.6 is 0 Å². The van der Waals surface area contributed by atoms with Crippen molar-refractivity contribution in [2.75, 3.05) is 10.8 Å². The summed E-state index contributed by atoms with van der Waals surface area (Å²) in [6.45, 7) is 7.31. The van der Waals surface area contributed by atoms with E-state index in [0.717, 1.165) is 28.7 Å². The number of hydrogen-bond acceptors (Lipinski definition) is 4. The van der Waals surface area contributed by atoms with Gasteiger partial charge >= 0.3 is 6.18 Å². The Balaban J connectivity index is 2.10. The van der Waals surface area contributed by atoms with Crippen LogP contribution in [0.5, 0.6) is 0 Å². The molecule has 0 unspecified atom stereocenters. The predicted octanol–water partition coefficient (Wildman–Crippen LogP) is 5.68. The third-order valence-electron chi connectivity index (χ3n) is 6.28. The number of carbonyl (C=O) groups is 2. The topological polar surface area (TPSA) is 86.8 Å². The number of halogens is 4. The Morgan fingerprint density at radius 1 is 0.929 bits per heavy atom. The Hall–Kier alpha value is -3.93. The van der Waals surface area contributed by atoms with Gasteiger partial charge in [0, 0.05) is 12.1 Å². The number of nitrogens with one attached hydrogen (secondary N) is 1. The lowest BCUT2D eigenvalue weighted by molar-refractivity contribution is -0.140. The molecule has 3 aromatic rings. The second kappa shape index (κ2) is 12.5. The van der Waals surface area contributed by atoms with Crippen molar-refractivity contribution in [3.05, 3.63) is 95.3 Å². The zero-order valence-corrected chi connectivity index (χ0v) is 24.7. The quantitative estimate of drug-likeness (QED) is 0.317. The van der Waals surface area contributed by atoms with Crippen molar-refractivity contribution in [3.8, 4) is 0 Å². The summed E-state index contributed by atoms with van der Waals surface area (Å²) in [7, 11) is -4.55. The lowest BCUT2D eigenvalue weighted by Gasteiger charge is -2.33. The molecule has 0 aliphatic rings. The van der Waals surface area contributed by atoms with E-state index in [0.29, 0.717) is 15.9 Å². The van der Waals surface area contributed by atoms with Gasteiger partial charge in [-0.2, -0.15) is 13.2 Å². The normalized spacial score (nSPS) is 12.9. The number of benzene rings is 3. The summed E-state index contributed by atoms with van der Waals surface area (Å²) in [6, 6.07) is 13.4. The number of nitrogens with zero attached hydrogens (tertiary/aromatic N) is 2. The zero-order valence-electron chi connectivity index (χ0n) is 23.9. The summed E-state index contributed by atoms with van der Waals surface area (Å²) in [5, 5.41) is 2.77. The van der Waals surface area contributed by atoms with Crippen molar-refractivity contribution in [3.63, 3.8) is 0 Å². The van der Waals surface area contributed by atoms with E-state index in [1.807, 2.05) is 0 Å². The van der Waals surface area contributed by atoms with Gasteiger partial charge in [-0.25, -0.2) is 12.8 Å². The van der Waals surface area contributed by atoms with Gasteiger partial charge in [0.05, 0.1) is 16.1 Å². The summed E-state index contributed by atoms with van der Waals surface area (Å²) in [5.41, 5.74) is -0.939. The lowest BCUT2D eigenvalue weighted by atomic mass is 10.1. The number of carbonyl (C=O) groups excluding carboxylic acids is 2. The van der Waals surface area contributed by atoms with Crippen molar-refractivity contribution in [1.29, 1.82) is 0 Å². The van der Waals surface area contributed by atoms with Crippen LogP contribution in [-0.2, 0) is 32.3 Å². The number of hydrogen-bond donors (Lipinski definition) is 1. The Labute approximate surface area is 243 Å². The molecule has 1 N–H and O–H groups in total. The number of rotatable bonds is 9. The van der Waals surface area contributed by atoms with E-state index >= 15 is 0 Å². The Morgan fingerprint density at radius 2 is 1.52 bits per heavy atom. The van der Waals surface area contributed by atoms with Gasteiger partial charge in [0.1, 0.15) is 18.4 Å². The molecule has 0 spiro atoms. The predicted molar refractivity (Wildman–Crippen MR) is 151 cm³/mol. The fraction of sp³-hybridized carbons (Fsp3) is 0.333. The summed E-state index contributed by atoms with van der Waals surface area (Å²) in [6.07, 6.45) is -4.77. The highest BCUT2D eigenvalue weighted by Gasteiger charge is 2.35. The van der Waals surface area contributed by atoms with Crippen molar-refractivity contribution in [2.24, 2.45) is 0 Å². The molecule has 0 aromatic heterocycles. The maximum atomic E-state index is 13.9. The standard InChI is InChI=1S/C30H33F4N3O4S/c1-20-9-15-26(16-10-20)42(40,41)37(25-8-6-7-23(17-25)30(32,33)34)19-27(38)36(18-22-11-13-24(31)14-12-22)21(2)28(39)35-29(3,4)5/h6-17,21H,18-19H2,1-5H3,(H,35,39)/t21-/m0/s1. The minimum atomic E-state index is -4.77. The molecule has 0 aliphatic heterocycles. The van der Waals surface area contributed by atoms with Crippen LogP contribution in [0.2, 0.25) is 0 Å². The molecule has 0 saturated carbocycles. The maximum Gasteiger partial charge on any atom is 0.416 e. The van der Waals surface area contributed by atoms with E-state index in [-0.39, 0.29) is 17.1 Å². The van der Waals surface area contributed by atoms with E-state index in [9.17, 15) is 35.6 Å². The van der Waals surface area contributed by atoms with Crippen LogP contribution in [0.15, 0.2) is 77.7 Å². The van der Waals surface area contributed by atoms with Gasteiger partial charge < -0.3 is 10.2 Å². The van der Waals surface area contributed by atoms with Crippen molar-refractivity contribution in [2.45, 2.75) is 63.8 Å². The van der Waals surface area contributed by atoms with Gasteiger partial charge in [-0.05, 0) is 82.6 Å². The van der Waals surface area contributed by atoms with Gasteiger partial charge in [0.2, 0.25) is 11.8 Å². The van der Waals surface area contributed by atoms with Crippen LogP contribution in [0, 0.1) is 12.7 Å². The Morgan fingerprint density at radius 3 is 2.07 bits per heavy atom. The Kier molecular flexibility index (Phi) is 9.71. The van der Waals surface area contributed by atoms with Crippen molar-refractivity contribution < 1.29 is 35.6 Å². The third kappa shape index (κ3) is 8.31. The largest absolute Gasteiger partial charge is 0.416 e. The number of amides is 2. The van der Waals surface area contributed by atoms with E-state index in [2.05, 4.69) is 5.32 Å². The van der Waals surface area contributed by atoms with Gasteiger partial charge in [-0.15, -0.1) is 0 Å². The van der Waals surface area contributed by atoms with Crippen LogP contribution in [0.25, 0.3) is 0 Å². The highest BCUT2D eigenvalue weighted by Crippen LogP contribution is 2.33. The molecule has 7 nitrogen and oxygen atoms in total. The van der Waals surface area contributed by atoms with Gasteiger partial charge in [0.25, 0.3) is 10.0 Å². The molecule has 12 heteroatoms. The number of anilines is 1. The molecule has 0 radical (unpaired) electrons. The summed E-state index contributed by atoms with van der Waals surface area (Å²) in [5.74, 6) is -1.91. The molecule has 3 aromatic carbocycles.